The van der Waals surface area contributed by atoms with Crippen molar-refractivity contribution in [2.45, 2.75) is 18.9 Å². The Morgan fingerprint density at radius 2 is 1.90 bits per heavy atom. The summed E-state index contributed by atoms with van der Waals surface area (Å²) in [5, 5.41) is 2.66. The molecule has 2 amide bonds. The molecule has 1 aromatic carbocycles. The highest BCUT2D eigenvalue weighted by molar-refractivity contribution is 7.88. The molecule has 1 aliphatic rings. The van der Waals surface area contributed by atoms with Crippen molar-refractivity contribution in [3.05, 3.63) is 48.2 Å². The molecule has 156 valence electrons. The number of anilines is 1. The summed E-state index contributed by atoms with van der Waals surface area (Å²) in [7, 11) is -1.58. The number of halogens is 2. The first-order valence-electron chi connectivity index (χ1n) is 9.05. The van der Waals surface area contributed by atoms with Gasteiger partial charge in [0.15, 0.2) is 0 Å². The summed E-state index contributed by atoms with van der Waals surface area (Å²) in [6.07, 6.45) is 3.62. The normalized spacial score (nSPS) is 15.9. The molecular formula is C19H22F2N4O3S. The number of amides is 2. The van der Waals surface area contributed by atoms with Crippen LogP contribution in [-0.4, -0.2) is 61.1 Å². The van der Waals surface area contributed by atoms with Crippen LogP contribution in [0.2, 0.25) is 0 Å². The Bertz CT molecular complexity index is 991. The number of pyridine rings is 1. The topological polar surface area (TPSA) is 82.6 Å². The number of sulfonamides is 1. The van der Waals surface area contributed by atoms with Crippen molar-refractivity contribution in [2.24, 2.45) is 0 Å². The molecule has 0 bridgehead atoms. The van der Waals surface area contributed by atoms with E-state index < -0.39 is 21.7 Å². The number of hydrogen-bond acceptors (Lipinski definition) is 4. The fraction of sp³-hybridized carbons (Fsp3) is 0.368. The number of urea groups is 1. The van der Waals surface area contributed by atoms with Crippen molar-refractivity contribution in [1.82, 2.24) is 14.2 Å². The average Bonchev–Trinajstić information content (AvgIpc) is 2.69. The fourth-order valence-electron chi connectivity index (χ4n) is 3.27. The Kier molecular flexibility index (Phi) is 6.13. The summed E-state index contributed by atoms with van der Waals surface area (Å²) in [6, 6.07) is 5.76. The smallest absolute Gasteiger partial charge is 0.323 e. The number of nitrogens with one attached hydrogen (secondary N) is 1. The van der Waals surface area contributed by atoms with Gasteiger partial charge in [-0.15, -0.1) is 0 Å². The van der Waals surface area contributed by atoms with Crippen LogP contribution in [0.4, 0.5) is 19.4 Å². The predicted molar refractivity (Wildman–Crippen MR) is 106 cm³/mol. The zero-order valence-corrected chi connectivity index (χ0v) is 16.9. The van der Waals surface area contributed by atoms with E-state index in [0.29, 0.717) is 31.5 Å². The van der Waals surface area contributed by atoms with E-state index in [1.807, 2.05) is 0 Å². The molecule has 0 radical (unpaired) electrons. The first-order chi connectivity index (χ1) is 13.6. The number of rotatable bonds is 4. The highest BCUT2D eigenvalue weighted by Crippen LogP contribution is 2.24. The van der Waals surface area contributed by atoms with Crippen LogP contribution in [0.5, 0.6) is 0 Å². The summed E-state index contributed by atoms with van der Waals surface area (Å²) < 4.78 is 51.8. The van der Waals surface area contributed by atoms with Gasteiger partial charge in [-0.3, -0.25) is 5.32 Å². The lowest BCUT2D eigenvalue weighted by atomic mass is 10.1. The highest BCUT2D eigenvalue weighted by Gasteiger charge is 2.29. The van der Waals surface area contributed by atoms with E-state index in [2.05, 4.69) is 10.3 Å². The summed E-state index contributed by atoms with van der Waals surface area (Å²) in [5.74, 6) is -0.844. The molecule has 1 N–H and O–H groups in total. The van der Waals surface area contributed by atoms with Crippen LogP contribution in [0.3, 0.4) is 0 Å². The molecule has 0 aliphatic carbocycles. The third-order valence-electron chi connectivity index (χ3n) is 5.00. The molecule has 7 nitrogen and oxygen atoms in total. The fourth-order valence-corrected chi connectivity index (χ4v) is 4.14. The lowest BCUT2D eigenvalue weighted by Crippen LogP contribution is -2.48. The number of aromatic nitrogens is 1. The maximum absolute atomic E-state index is 13.9. The van der Waals surface area contributed by atoms with Crippen LogP contribution >= 0.6 is 0 Å². The minimum absolute atomic E-state index is 0.0881. The van der Waals surface area contributed by atoms with E-state index in [1.165, 1.54) is 27.7 Å². The Hall–Kier alpha value is -2.59. The van der Waals surface area contributed by atoms with Gasteiger partial charge in [0.1, 0.15) is 17.5 Å². The van der Waals surface area contributed by atoms with Crippen molar-refractivity contribution in [3.63, 3.8) is 0 Å². The molecule has 0 spiro atoms. The molecule has 0 saturated carbocycles. The zero-order valence-electron chi connectivity index (χ0n) is 16.1. The second-order valence-corrected chi connectivity index (χ2v) is 8.97. The summed E-state index contributed by atoms with van der Waals surface area (Å²) in [4.78, 5) is 18.1. The maximum atomic E-state index is 13.9. The molecule has 3 rings (SSSR count). The van der Waals surface area contributed by atoms with Gasteiger partial charge < -0.3 is 4.90 Å². The largest absolute Gasteiger partial charge is 0.324 e. The molecule has 1 aliphatic heterocycles. The first-order valence-corrected chi connectivity index (χ1v) is 10.9. The van der Waals surface area contributed by atoms with Gasteiger partial charge in [0.05, 0.1) is 6.26 Å². The SMILES string of the molecule is CN(C(=O)Nc1ccc(-c2cc(F)ccc2F)cn1)C1CCN(S(C)(=O)=O)CC1. The van der Waals surface area contributed by atoms with Crippen molar-refractivity contribution >= 4 is 21.9 Å². The standard InChI is InChI=1S/C19H22F2N4O3S/c1-24(15-7-9-25(10-8-15)29(2,27)28)19(26)23-18-6-3-13(12-22-18)16-11-14(20)4-5-17(16)21/h3-6,11-12,15H,7-10H2,1-2H3,(H,22,23,26). The van der Waals surface area contributed by atoms with E-state index in [-0.39, 0.29) is 23.5 Å². The molecule has 0 unspecified atom stereocenters. The Morgan fingerprint density at radius 3 is 2.48 bits per heavy atom. The van der Waals surface area contributed by atoms with E-state index in [4.69, 9.17) is 0 Å². The number of nitrogens with zero attached hydrogens (tertiary/aromatic N) is 3. The third kappa shape index (κ3) is 5.07. The van der Waals surface area contributed by atoms with Gasteiger partial charge in [-0.25, -0.2) is 31.3 Å². The van der Waals surface area contributed by atoms with E-state index in [9.17, 15) is 22.0 Å². The minimum atomic E-state index is -3.22. The lowest BCUT2D eigenvalue weighted by molar-refractivity contribution is 0.174. The second kappa shape index (κ2) is 8.42. The predicted octanol–water partition coefficient (Wildman–Crippen LogP) is 2.91. The van der Waals surface area contributed by atoms with Crippen molar-refractivity contribution in [3.8, 4) is 11.1 Å². The van der Waals surface area contributed by atoms with Crippen LogP contribution in [0.25, 0.3) is 11.1 Å². The van der Waals surface area contributed by atoms with Crippen molar-refractivity contribution in [1.29, 1.82) is 0 Å². The van der Waals surface area contributed by atoms with Gasteiger partial charge in [-0.1, -0.05) is 0 Å². The molecule has 1 saturated heterocycles. The monoisotopic (exact) mass is 424 g/mol. The molecule has 2 heterocycles. The second-order valence-electron chi connectivity index (χ2n) is 6.99. The van der Waals surface area contributed by atoms with Crippen LogP contribution < -0.4 is 5.32 Å². The minimum Gasteiger partial charge on any atom is -0.324 e. The number of piperidine rings is 1. The number of carbonyl (C=O) groups excluding carboxylic acids is 1. The summed E-state index contributed by atoms with van der Waals surface area (Å²) in [6.45, 7) is 0.737. The molecule has 2 aromatic rings. The Balaban J connectivity index is 1.61. The van der Waals surface area contributed by atoms with Gasteiger partial charge in [0, 0.05) is 43.5 Å². The van der Waals surface area contributed by atoms with Gasteiger partial charge >= 0.3 is 6.03 Å². The Morgan fingerprint density at radius 1 is 1.21 bits per heavy atom. The van der Waals surface area contributed by atoms with Gasteiger partial charge in [0.2, 0.25) is 10.0 Å². The molecule has 10 heteroatoms. The van der Waals surface area contributed by atoms with Crippen molar-refractivity contribution < 1.29 is 22.0 Å². The molecule has 1 aromatic heterocycles. The van der Waals surface area contributed by atoms with Crippen molar-refractivity contribution in [2.75, 3.05) is 31.7 Å². The molecular weight excluding hydrogens is 402 g/mol. The van der Waals surface area contributed by atoms with Gasteiger partial charge in [-0.2, -0.15) is 0 Å². The summed E-state index contributed by atoms with van der Waals surface area (Å²) >= 11 is 0. The Labute approximate surface area is 168 Å². The van der Waals surface area contributed by atoms with E-state index in [0.717, 1.165) is 18.2 Å². The maximum Gasteiger partial charge on any atom is 0.323 e. The van der Waals surface area contributed by atoms with E-state index >= 15 is 0 Å². The van der Waals surface area contributed by atoms with Crippen LogP contribution in [0.1, 0.15) is 12.8 Å². The summed E-state index contributed by atoms with van der Waals surface area (Å²) in [5.41, 5.74) is 0.478. The van der Waals surface area contributed by atoms with Crippen LogP contribution in [0.15, 0.2) is 36.5 Å². The quantitative estimate of drug-likeness (QED) is 0.818. The zero-order chi connectivity index (χ0) is 21.2. The third-order valence-corrected chi connectivity index (χ3v) is 6.30. The number of carbonyl (C=O) groups is 1. The van der Waals surface area contributed by atoms with Gasteiger partial charge in [0.25, 0.3) is 0 Å². The first kappa shape index (κ1) is 21.1. The van der Waals surface area contributed by atoms with Gasteiger partial charge in [-0.05, 0) is 43.2 Å². The lowest BCUT2D eigenvalue weighted by Gasteiger charge is -2.35. The van der Waals surface area contributed by atoms with Crippen LogP contribution in [0, 0.1) is 11.6 Å². The van der Waals surface area contributed by atoms with E-state index in [1.54, 1.807) is 13.1 Å². The average molecular weight is 424 g/mol. The molecule has 29 heavy (non-hydrogen) atoms. The highest BCUT2D eigenvalue weighted by atomic mass is 32.2. The molecule has 1 fully saturated rings. The molecule has 0 atom stereocenters. The number of hydrogen-bond donors (Lipinski definition) is 1. The van der Waals surface area contributed by atoms with Crippen LogP contribution in [-0.2, 0) is 10.0 Å². The number of benzene rings is 1.